The van der Waals surface area contributed by atoms with Gasteiger partial charge in [0.25, 0.3) is 0 Å². The van der Waals surface area contributed by atoms with E-state index < -0.39 is 0 Å². The zero-order valence-electron chi connectivity index (χ0n) is 14.0. The zero-order chi connectivity index (χ0) is 15.8. The van der Waals surface area contributed by atoms with E-state index in [1.54, 1.807) is 0 Å². The molecule has 124 valence electrons. The first-order valence-corrected chi connectivity index (χ1v) is 8.75. The quantitative estimate of drug-likeness (QED) is 0.868. The van der Waals surface area contributed by atoms with E-state index in [1.807, 2.05) is 17.9 Å². The van der Waals surface area contributed by atoms with Gasteiger partial charge in [0.15, 0.2) is 5.65 Å². The molecule has 1 aliphatic heterocycles. The Morgan fingerprint density at radius 3 is 2.78 bits per heavy atom. The van der Waals surface area contributed by atoms with Crippen LogP contribution in [0.3, 0.4) is 0 Å². The normalized spacial score (nSPS) is 22.3. The van der Waals surface area contributed by atoms with Gasteiger partial charge in [-0.1, -0.05) is 12.8 Å². The van der Waals surface area contributed by atoms with Gasteiger partial charge in [0.05, 0.1) is 17.7 Å². The van der Waals surface area contributed by atoms with Crippen LogP contribution in [0.25, 0.3) is 11.0 Å². The summed E-state index contributed by atoms with van der Waals surface area (Å²) in [5.74, 6) is 2.50. The van der Waals surface area contributed by atoms with Crippen molar-refractivity contribution < 1.29 is 4.74 Å². The lowest BCUT2D eigenvalue weighted by molar-refractivity contribution is 0.116. The fourth-order valence-electron chi connectivity index (χ4n) is 3.86. The molecular formula is C17H25N5O. The van der Waals surface area contributed by atoms with E-state index in [2.05, 4.69) is 17.0 Å². The van der Waals surface area contributed by atoms with E-state index in [4.69, 9.17) is 14.7 Å². The maximum Gasteiger partial charge on any atom is 0.163 e. The molecule has 0 aromatic carbocycles. The summed E-state index contributed by atoms with van der Waals surface area (Å²) < 4.78 is 7.65. The molecule has 6 heteroatoms. The summed E-state index contributed by atoms with van der Waals surface area (Å²) >= 11 is 0. The molecule has 1 saturated carbocycles. The second kappa shape index (κ2) is 6.07. The molecule has 0 spiro atoms. The predicted molar refractivity (Wildman–Crippen MR) is 89.8 cm³/mol. The molecule has 1 aliphatic carbocycles. The first kappa shape index (κ1) is 14.9. The average Bonchev–Trinajstić information content (AvgIpc) is 3.28. The zero-order valence-corrected chi connectivity index (χ0v) is 14.0. The summed E-state index contributed by atoms with van der Waals surface area (Å²) in [6.45, 7) is 1.77. The SMILES string of the molecule is CN(CC1CCCO1)c1nc(C2CCCC2)nc2c1cnn2C. The molecule has 0 radical (unpaired) electrons. The van der Waals surface area contributed by atoms with E-state index in [9.17, 15) is 0 Å². The van der Waals surface area contributed by atoms with Crippen molar-refractivity contribution in [3.05, 3.63) is 12.0 Å². The third-order valence-corrected chi connectivity index (χ3v) is 5.17. The molecule has 1 atom stereocenters. The minimum Gasteiger partial charge on any atom is -0.376 e. The van der Waals surface area contributed by atoms with Gasteiger partial charge in [-0.3, -0.25) is 4.68 Å². The van der Waals surface area contributed by atoms with Gasteiger partial charge in [0, 0.05) is 33.2 Å². The molecule has 2 aromatic rings. The largest absolute Gasteiger partial charge is 0.376 e. The van der Waals surface area contributed by atoms with Crippen LogP contribution in [-0.4, -0.2) is 46.1 Å². The molecule has 1 unspecified atom stereocenters. The van der Waals surface area contributed by atoms with Crippen molar-refractivity contribution in [1.82, 2.24) is 19.7 Å². The van der Waals surface area contributed by atoms with Crippen LogP contribution in [0.4, 0.5) is 5.82 Å². The van der Waals surface area contributed by atoms with E-state index in [-0.39, 0.29) is 0 Å². The van der Waals surface area contributed by atoms with Gasteiger partial charge in [-0.15, -0.1) is 0 Å². The van der Waals surface area contributed by atoms with Crippen molar-refractivity contribution in [1.29, 1.82) is 0 Å². The molecule has 6 nitrogen and oxygen atoms in total. The highest BCUT2D eigenvalue weighted by Gasteiger charge is 2.25. The Bertz CT molecular complexity index is 686. The Hall–Kier alpha value is -1.69. The Morgan fingerprint density at radius 2 is 2.04 bits per heavy atom. The van der Waals surface area contributed by atoms with E-state index >= 15 is 0 Å². The van der Waals surface area contributed by atoms with Gasteiger partial charge in [-0.05, 0) is 25.7 Å². The molecule has 2 aromatic heterocycles. The highest BCUT2D eigenvalue weighted by molar-refractivity contribution is 5.86. The van der Waals surface area contributed by atoms with Crippen molar-refractivity contribution in [2.75, 3.05) is 25.1 Å². The smallest absolute Gasteiger partial charge is 0.163 e. The molecular weight excluding hydrogens is 290 g/mol. The van der Waals surface area contributed by atoms with E-state index in [0.717, 1.165) is 48.7 Å². The van der Waals surface area contributed by atoms with Crippen LogP contribution in [0.5, 0.6) is 0 Å². The van der Waals surface area contributed by atoms with Crippen molar-refractivity contribution in [2.24, 2.45) is 7.05 Å². The lowest BCUT2D eigenvalue weighted by Gasteiger charge is -2.23. The van der Waals surface area contributed by atoms with Gasteiger partial charge in [0.2, 0.25) is 0 Å². The number of nitrogens with zero attached hydrogens (tertiary/aromatic N) is 5. The predicted octanol–water partition coefficient (Wildman–Crippen LogP) is 2.64. The third kappa shape index (κ3) is 2.80. The van der Waals surface area contributed by atoms with Crippen molar-refractivity contribution in [3.63, 3.8) is 0 Å². The number of fused-ring (bicyclic) bond motifs is 1. The minimum atomic E-state index is 0.316. The van der Waals surface area contributed by atoms with Crippen molar-refractivity contribution in [2.45, 2.75) is 50.5 Å². The lowest BCUT2D eigenvalue weighted by Crippen LogP contribution is -2.29. The van der Waals surface area contributed by atoms with Crippen LogP contribution in [-0.2, 0) is 11.8 Å². The third-order valence-electron chi connectivity index (χ3n) is 5.17. The summed E-state index contributed by atoms with van der Waals surface area (Å²) in [5, 5.41) is 5.43. The maximum absolute atomic E-state index is 5.79. The second-order valence-corrected chi connectivity index (χ2v) is 6.91. The van der Waals surface area contributed by atoms with Gasteiger partial charge in [-0.25, -0.2) is 9.97 Å². The van der Waals surface area contributed by atoms with E-state index in [1.165, 1.54) is 25.7 Å². The summed E-state index contributed by atoms with van der Waals surface area (Å²) in [4.78, 5) is 12.0. The number of aryl methyl sites for hydroxylation is 1. The number of ether oxygens (including phenoxy) is 1. The first-order valence-electron chi connectivity index (χ1n) is 8.75. The molecule has 3 heterocycles. The number of aromatic nitrogens is 4. The van der Waals surface area contributed by atoms with Gasteiger partial charge >= 0.3 is 0 Å². The summed E-state index contributed by atoms with van der Waals surface area (Å²) in [7, 11) is 4.06. The second-order valence-electron chi connectivity index (χ2n) is 6.91. The number of anilines is 1. The standard InChI is InChI=1S/C17H25N5O/c1-21(11-13-8-5-9-23-13)16-14-10-18-22(2)17(14)20-15(19-16)12-6-3-4-7-12/h10,12-13H,3-9,11H2,1-2H3. The van der Waals surface area contributed by atoms with Crippen LogP contribution < -0.4 is 4.90 Å². The number of hydrogen-bond acceptors (Lipinski definition) is 5. The first-order chi connectivity index (χ1) is 11.2. The summed E-state index contributed by atoms with van der Waals surface area (Å²) in [6.07, 6.45) is 9.50. The number of rotatable bonds is 4. The van der Waals surface area contributed by atoms with Gasteiger partial charge in [-0.2, -0.15) is 5.10 Å². The van der Waals surface area contributed by atoms with Crippen LogP contribution in [0.15, 0.2) is 6.20 Å². The Labute approximate surface area is 136 Å². The molecule has 2 aliphatic rings. The van der Waals surface area contributed by atoms with Crippen LogP contribution >= 0.6 is 0 Å². The van der Waals surface area contributed by atoms with Gasteiger partial charge in [0.1, 0.15) is 11.6 Å². The topological polar surface area (TPSA) is 56.1 Å². The van der Waals surface area contributed by atoms with E-state index in [0.29, 0.717) is 12.0 Å². The fraction of sp³-hybridized carbons (Fsp3) is 0.706. The Balaban J connectivity index is 1.70. The average molecular weight is 315 g/mol. The molecule has 0 N–H and O–H groups in total. The molecule has 1 saturated heterocycles. The van der Waals surface area contributed by atoms with Crippen molar-refractivity contribution >= 4 is 16.9 Å². The minimum absolute atomic E-state index is 0.316. The van der Waals surface area contributed by atoms with Crippen LogP contribution in [0, 0.1) is 0 Å². The number of likely N-dealkylation sites (N-methyl/N-ethyl adjacent to an activating group) is 1. The Morgan fingerprint density at radius 1 is 1.22 bits per heavy atom. The highest BCUT2D eigenvalue weighted by Crippen LogP contribution is 2.34. The molecule has 0 bridgehead atoms. The Kier molecular flexibility index (Phi) is 3.93. The maximum atomic E-state index is 5.79. The summed E-state index contributed by atoms with van der Waals surface area (Å²) in [6, 6.07) is 0. The highest BCUT2D eigenvalue weighted by atomic mass is 16.5. The van der Waals surface area contributed by atoms with Crippen LogP contribution in [0.2, 0.25) is 0 Å². The van der Waals surface area contributed by atoms with Gasteiger partial charge < -0.3 is 9.64 Å². The monoisotopic (exact) mass is 315 g/mol. The summed E-state index contributed by atoms with van der Waals surface area (Å²) in [5.41, 5.74) is 0.941. The molecule has 23 heavy (non-hydrogen) atoms. The number of hydrogen-bond donors (Lipinski definition) is 0. The van der Waals surface area contributed by atoms with Crippen LogP contribution in [0.1, 0.15) is 50.3 Å². The lowest BCUT2D eigenvalue weighted by atomic mass is 10.1. The molecule has 4 rings (SSSR count). The molecule has 2 fully saturated rings. The van der Waals surface area contributed by atoms with Crippen molar-refractivity contribution in [3.8, 4) is 0 Å². The molecule has 0 amide bonds. The fourth-order valence-corrected chi connectivity index (χ4v) is 3.86.